The number of aromatic nitrogens is 4. The van der Waals surface area contributed by atoms with E-state index in [2.05, 4.69) is 25.3 Å². The Hall–Kier alpha value is -6.23. The second-order valence-corrected chi connectivity index (χ2v) is 18.2. The summed E-state index contributed by atoms with van der Waals surface area (Å²) in [4.78, 5) is 59.2. The molecule has 6 atom stereocenters. The molecule has 14 nitrogen and oxygen atoms in total. The number of ether oxygens (including phenoxy) is 1. The number of benzene rings is 4. The average molecular weight is 860 g/mol. The third-order valence-electron chi connectivity index (χ3n) is 11.5. The van der Waals surface area contributed by atoms with Gasteiger partial charge < -0.3 is 34.4 Å². The summed E-state index contributed by atoms with van der Waals surface area (Å²) in [5, 5.41) is 1.76. The molecule has 3 amide bonds. The molecule has 16 heteroatoms. The molecule has 0 saturated carbocycles. The quantitative estimate of drug-likeness (QED) is 0.0877. The Morgan fingerprint density at radius 3 is 1.82 bits per heavy atom. The van der Waals surface area contributed by atoms with Gasteiger partial charge in [0.25, 0.3) is 5.91 Å². The number of likely N-dealkylation sites (tertiary alicyclic amines) is 2. The number of H-pyrrole nitrogens is 2. The van der Waals surface area contributed by atoms with Crippen LogP contribution in [0.4, 0.5) is 4.79 Å². The molecule has 0 radical (unpaired) electrons. The highest BCUT2D eigenvalue weighted by atomic mass is 32.2. The van der Waals surface area contributed by atoms with Crippen LogP contribution >= 0.6 is 0 Å². The van der Waals surface area contributed by atoms with Crippen LogP contribution in [0.1, 0.15) is 53.7 Å². The Morgan fingerprint density at radius 1 is 0.770 bits per heavy atom. The molecular formula is C45H45N7O7S2. The number of aromatic amines is 2. The van der Waals surface area contributed by atoms with Crippen LogP contribution < -0.4 is 5.32 Å². The van der Waals surface area contributed by atoms with Gasteiger partial charge >= 0.3 is 6.09 Å². The smallest absolute Gasteiger partial charge is 0.407 e. The first-order valence-electron chi connectivity index (χ1n) is 19.9. The molecule has 0 aliphatic carbocycles. The molecule has 2 aliphatic heterocycles. The second kappa shape index (κ2) is 18.2. The van der Waals surface area contributed by atoms with Crippen LogP contribution in [-0.4, -0.2) is 97.6 Å². The predicted octanol–water partition coefficient (Wildman–Crippen LogP) is 5.75. The molecule has 2 saturated heterocycles. The van der Waals surface area contributed by atoms with E-state index in [-0.39, 0.29) is 43.0 Å². The summed E-state index contributed by atoms with van der Waals surface area (Å²) in [6.45, 7) is 0.377. The van der Waals surface area contributed by atoms with Crippen molar-refractivity contribution in [2.45, 2.75) is 47.9 Å². The summed E-state index contributed by atoms with van der Waals surface area (Å²) in [5.74, 6) is 0.617. The molecule has 6 aromatic rings. The number of nitrogens with zero attached hydrogens (tertiary/aromatic N) is 4. The van der Waals surface area contributed by atoms with Gasteiger partial charge in [-0.2, -0.15) is 0 Å². The molecule has 4 aromatic carbocycles. The van der Waals surface area contributed by atoms with Crippen molar-refractivity contribution < 1.29 is 32.1 Å². The van der Waals surface area contributed by atoms with Gasteiger partial charge in [-0.05, 0) is 39.8 Å². The van der Waals surface area contributed by atoms with Crippen LogP contribution in [0.25, 0.3) is 33.6 Å². The number of hydrogen-bond acceptors (Lipinski definition) is 9. The normalized spacial score (nSPS) is 19.8. The standard InChI is InChI=1S/C45H45N7O7S2/c1-59-45(55)50-41(33-11-7-4-8-12-33)44(54)52-26-34(60(2)56)22-39(52)43-47-25-37(49-43)32-19-15-30(16-20-32)29-13-17-31(18-14-29)36-24-46-42(48-36)38-23-35(61(57)58)27-51(38)40(53)21-28-9-5-3-6-10-28/h3-20,24-25,34-35,38-39,41,61H,21-23,26-27H2,1-2H3,(H,46,48)(H,47,49)(H,50,55)/t34-,35?,38-,39-,41-,60?/m0/s1. The first-order chi connectivity index (χ1) is 29.6. The molecule has 8 rings (SSSR count). The minimum Gasteiger partial charge on any atom is -0.616 e. The van der Waals surface area contributed by atoms with Gasteiger partial charge in [-0.3, -0.25) is 9.59 Å². The zero-order valence-corrected chi connectivity index (χ0v) is 35.2. The number of thiol groups is 1. The number of hydrogen-bond donors (Lipinski definition) is 4. The van der Waals surface area contributed by atoms with Gasteiger partial charge in [-0.15, -0.1) is 0 Å². The minimum atomic E-state index is -2.70. The van der Waals surface area contributed by atoms with Crippen LogP contribution in [0.2, 0.25) is 0 Å². The molecule has 2 unspecified atom stereocenters. The van der Waals surface area contributed by atoms with Gasteiger partial charge in [-0.25, -0.2) is 23.2 Å². The highest BCUT2D eigenvalue weighted by molar-refractivity contribution is 7.91. The monoisotopic (exact) mass is 859 g/mol. The van der Waals surface area contributed by atoms with Gasteiger partial charge in [-0.1, -0.05) is 120 Å². The first kappa shape index (κ1) is 41.5. The minimum absolute atomic E-state index is 0.135. The van der Waals surface area contributed by atoms with Gasteiger partial charge in [0.2, 0.25) is 5.91 Å². The van der Waals surface area contributed by atoms with Crippen molar-refractivity contribution in [1.29, 1.82) is 0 Å². The summed E-state index contributed by atoms with van der Waals surface area (Å²) in [6.07, 6.45) is 5.24. The number of rotatable bonds is 12. The van der Waals surface area contributed by atoms with Crippen molar-refractivity contribution in [2.75, 3.05) is 26.5 Å². The van der Waals surface area contributed by atoms with Crippen LogP contribution in [0.3, 0.4) is 0 Å². The number of carbonyl (C=O) groups is 3. The Bertz CT molecular complexity index is 2560. The number of methoxy groups -OCH3 is 1. The lowest BCUT2D eigenvalue weighted by Crippen LogP contribution is -2.43. The van der Waals surface area contributed by atoms with E-state index in [0.717, 1.165) is 39.2 Å². The van der Waals surface area contributed by atoms with E-state index < -0.39 is 51.3 Å². The van der Waals surface area contributed by atoms with Gasteiger partial charge in [0.1, 0.15) is 33.6 Å². The van der Waals surface area contributed by atoms with Gasteiger partial charge in [0.15, 0.2) is 0 Å². The summed E-state index contributed by atoms with van der Waals surface area (Å²) in [7, 11) is -1.46. The number of amides is 3. The molecule has 0 bridgehead atoms. The number of carbonyl (C=O) groups excluding carboxylic acids is 3. The SMILES string of the molecule is COC(=O)N[C@H](C(=O)N1C[C@@H]([S+](C)[O-])C[C@H]1c1ncc(-c2ccc(-c3ccc(-c4cnc([C@@H]5CC([SH](=O)=O)CN5C(=O)Cc5ccccc5)[nH]4)cc3)cc2)[nH]1)c1ccccc1. The molecule has 2 aliphatic rings. The molecule has 4 heterocycles. The summed E-state index contributed by atoms with van der Waals surface area (Å²) < 4.78 is 41.5. The fraction of sp³-hybridized carbons (Fsp3) is 0.267. The Morgan fingerprint density at radius 2 is 1.30 bits per heavy atom. The number of nitrogens with one attached hydrogen (secondary N) is 3. The first-order valence-corrected chi connectivity index (χ1v) is 22.7. The average Bonchev–Trinajstić information content (AvgIpc) is 4.12. The summed E-state index contributed by atoms with van der Waals surface area (Å²) in [5.41, 5.74) is 6.72. The van der Waals surface area contributed by atoms with E-state index in [4.69, 9.17) is 4.74 Å². The highest BCUT2D eigenvalue weighted by Gasteiger charge is 2.45. The maximum absolute atomic E-state index is 14.2. The van der Waals surface area contributed by atoms with Gasteiger partial charge in [0, 0.05) is 13.0 Å². The fourth-order valence-electron chi connectivity index (χ4n) is 8.18. The molecule has 3 N–H and O–H groups in total. The lowest BCUT2D eigenvalue weighted by molar-refractivity contribution is -0.134. The van der Waals surface area contributed by atoms with E-state index in [1.807, 2.05) is 84.9 Å². The zero-order chi connectivity index (χ0) is 42.6. The Balaban J connectivity index is 0.959. The summed E-state index contributed by atoms with van der Waals surface area (Å²) in [6, 6.07) is 32.4. The van der Waals surface area contributed by atoms with Crippen molar-refractivity contribution >= 4 is 39.8 Å². The summed E-state index contributed by atoms with van der Waals surface area (Å²) >= 11 is -1.20. The van der Waals surface area contributed by atoms with E-state index in [1.54, 1.807) is 52.7 Å². The Labute approximate surface area is 357 Å². The largest absolute Gasteiger partial charge is 0.616 e. The third-order valence-corrected chi connectivity index (χ3v) is 13.7. The van der Waals surface area contributed by atoms with E-state index in [1.165, 1.54) is 7.11 Å². The Kier molecular flexibility index (Phi) is 12.4. The van der Waals surface area contributed by atoms with Crippen molar-refractivity contribution in [2.24, 2.45) is 0 Å². The maximum Gasteiger partial charge on any atom is 0.407 e. The van der Waals surface area contributed by atoms with Crippen molar-refractivity contribution in [3.05, 3.63) is 144 Å². The maximum atomic E-state index is 14.2. The topological polar surface area (TPSA) is 194 Å². The van der Waals surface area contributed by atoms with Crippen molar-refractivity contribution in [3.63, 3.8) is 0 Å². The molecular weight excluding hydrogens is 815 g/mol. The molecule has 314 valence electrons. The van der Waals surface area contributed by atoms with Crippen LogP contribution in [0.5, 0.6) is 0 Å². The van der Waals surface area contributed by atoms with Gasteiger partial charge in [0.05, 0.1) is 67.4 Å². The van der Waals surface area contributed by atoms with Crippen LogP contribution in [0, 0.1) is 0 Å². The molecule has 2 aromatic heterocycles. The number of imidazole rings is 2. The lowest BCUT2D eigenvalue weighted by Gasteiger charge is -2.28. The molecule has 61 heavy (non-hydrogen) atoms. The van der Waals surface area contributed by atoms with Crippen molar-refractivity contribution in [1.82, 2.24) is 35.1 Å². The van der Waals surface area contributed by atoms with Crippen LogP contribution in [0.15, 0.2) is 122 Å². The number of alkyl carbamates (subject to hydrolysis) is 1. The molecule has 2 fully saturated rings. The fourth-order valence-corrected chi connectivity index (χ4v) is 9.68. The van der Waals surface area contributed by atoms with E-state index >= 15 is 0 Å². The van der Waals surface area contributed by atoms with E-state index in [0.29, 0.717) is 23.6 Å². The van der Waals surface area contributed by atoms with E-state index in [9.17, 15) is 27.4 Å². The third kappa shape index (κ3) is 9.11. The highest BCUT2D eigenvalue weighted by Crippen LogP contribution is 2.38. The lowest BCUT2D eigenvalue weighted by atomic mass is 10.0. The second-order valence-electron chi connectivity index (χ2n) is 15.3. The van der Waals surface area contributed by atoms with Crippen LogP contribution in [-0.2, 0) is 42.6 Å². The molecule has 0 spiro atoms. The van der Waals surface area contributed by atoms with Crippen molar-refractivity contribution in [3.8, 4) is 33.6 Å². The predicted molar refractivity (Wildman–Crippen MR) is 232 cm³/mol. The zero-order valence-electron chi connectivity index (χ0n) is 33.5.